The largest absolute Gasteiger partial charge is 0.475 e. The van der Waals surface area contributed by atoms with Crippen LogP contribution in [0.5, 0.6) is 0 Å². The van der Waals surface area contributed by atoms with Gasteiger partial charge in [-0.25, -0.2) is 4.79 Å². The Morgan fingerprint density at radius 2 is 2.47 bits per heavy atom. The number of furan rings is 1. The molecule has 1 fully saturated rings. The van der Waals surface area contributed by atoms with Gasteiger partial charge in [0.15, 0.2) is 0 Å². The fourth-order valence-corrected chi connectivity index (χ4v) is 1.82. The summed E-state index contributed by atoms with van der Waals surface area (Å²) in [7, 11) is 0. The zero-order valence-electron chi connectivity index (χ0n) is 9.23. The normalized spacial score (nSPS) is 20.0. The molecule has 1 aliphatic rings. The number of piperidine rings is 1. The Balaban J connectivity index is 1.87. The predicted octanol–water partition coefficient (Wildman–Crippen LogP) is 0.346. The zero-order valence-corrected chi connectivity index (χ0v) is 9.23. The van der Waals surface area contributed by atoms with E-state index in [9.17, 15) is 9.59 Å². The number of amides is 1. The van der Waals surface area contributed by atoms with E-state index in [1.54, 1.807) is 6.07 Å². The molecule has 0 aromatic carbocycles. The third kappa shape index (κ3) is 2.85. The summed E-state index contributed by atoms with van der Waals surface area (Å²) in [6.45, 7) is 1.01. The van der Waals surface area contributed by atoms with Crippen molar-refractivity contribution in [2.75, 3.05) is 6.54 Å². The standard InChI is InChI=1S/C11H14N2O4/c14-9-2-1-8(6-13-9)12-5-7-3-4-17-10(7)11(15)16/h3-4,8,12H,1-2,5-6H2,(H,13,14)(H,15,16). The molecule has 6 heteroatoms. The molecule has 2 rings (SSSR count). The van der Waals surface area contributed by atoms with E-state index in [1.165, 1.54) is 6.26 Å². The van der Waals surface area contributed by atoms with E-state index in [0.29, 0.717) is 25.1 Å². The zero-order chi connectivity index (χ0) is 12.3. The van der Waals surface area contributed by atoms with Gasteiger partial charge in [0, 0.05) is 31.1 Å². The van der Waals surface area contributed by atoms with Crippen LogP contribution in [0.3, 0.4) is 0 Å². The molecule has 0 spiro atoms. The van der Waals surface area contributed by atoms with Crippen molar-refractivity contribution < 1.29 is 19.1 Å². The minimum absolute atomic E-state index is 0.0302. The maximum absolute atomic E-state index is 11.0. The number of carboxylic acids is 1. The molecule has 1 aromatic rings. The van der Waals surface area contributed by atoms with Crippen molar-refractivity contribution >= 4 is 11.9 Å². The molecule has 3 N–H and O–H groups in total. The summed E-state index contributed by atoms with van der Waals surface area (Å²) in [4.78, 5) is 21.8. The van der Waals surface area contributed by atoms with Gasteiger partial charge in [0.05, 0.1) is 6.26 Å². The summed E-state index contributed by atoms with van der Waals surface area (Å²) in [5.41, 5.74) is 0.620. The van der Waals surface area contributed by atoms with E-state index in [2.05, 4.69) is 10.6 Å². The first-order valence-electron chi connectivity index (χ1n) is 5.46. The third-order valence-corrected chi connectivity index (χ3v) is 2.79. The molecular weight excluding hydrogens is 224 g/mol. The number of carboxylic acid groups (broad SMARTS) is 1. The van der Waals surface area contributed by atoms with Crippen molar-refractivity contribution in [3.05, 3.63) is 23.7 Å². The first kappa shape index (κ1) is 11.7. The van der Waals surface area contributed by atoms with Crippen LogP contribution in [-0.2, 0) is 11.3 Å². The van der Waals surface area contributed by atoms with Crippen molar-refractivity contribution in [3.63, 3.8) is 0 Å². The van der Waals surface area contributed by atoms with E-state index in [0.717, 1.165) is 6.42 Å². The van der Waals surface area contributed by atoms with Crippen LogP contribution in [0, 0.1) is 0 Å². The lowest BCUT2D eigenvalue weighted by Gasteiger charge is -2.23. The molecule has 1 unspecified atom stereocenters. The number of carbonyl (C=O) groups is 2. The first-order valence-corrected chi connectivity index (χ1v) is 5.46. The van der Waals surface area contributed by atoms with E-state index in [1.807, 2.05) is 0 Å². The van der Waals surface area contributed by atoms with Crippen LogP contribution in [0.2, 0.25) is 0 Å². The van der Waals surface area contributed by atoms with Gasteiger partial charge in [-0.15, -0.1) is 0 Å². The summed E-state index contributed by atoms with van der Waals surface area (Å²) in [6, 6.07) is 1.82. The second-order valence-corrected chi connectivity index (χ2v) is 4.00. The van der Waals surface area contributed by atoms with Crippen molar-refractivity contribution in [3.8, 4) is 0 Å². The summed E-state index contributed by atoms with van der Waals surface area (Å²) < 4.78 is 4.87. The quantitative estimate of drug-likeness (QED) is 0.703. The molecule has 17 heavy (non-hydrogen) atoms. The van der Waals surface area contributed by atoms with E-state index < -0.39 is 5.97 Å². The van der Waals surface area contributed by atoms with Crippen molar-refractivity contribution in [1.29, 1.82) is 0 Å². The monoisotopic (exact) mass is 238 g/mol. The second-order valence-electron chi connectivity index (χ2n) is 4.00. The van der Waals surface area contributed by atoms with Gasteiger partial charge in [0.1, 0.15) is 0 Å². The molecule has 1 aromatic heterocycles. The highest BCUT2D eigenvalue weighted by Crippen LogP contribution is 2.11. The van der Waals surface area contributed by atoms with Gasteiger partial charge in [-0.2, -0.15) is 0 Å². The Morgan fingerprint density at radius 1 is 1.65 bits per heavy atom. The molecule has 1 aliphatic heterocycles. The van der Waals surface area contributed by atoms with Gasteiger partial charge in [0.2, 0.25) is 11.7 Å². The third-order valence-electron chi connectivity index (χ3n) is 2.79. The fourth-order valence-electron chi connectivity index (χ4n) is 1.82. The minimum Gasteiger partial charge on any atom is -0.475 e. The van der Waals surface area contributed by atoms with Gasteiger partial charge in [0.25, 0.3) is 0 Å². The lowest BCUT2D eigenvalue weighted by Crippen LogP contribution is -2.45. The Bertz CT molecular complexity index is 417. The maximum Gasteiger partial charge on any atom is 0.372 e. The SMILES string of the molecule is O=C1CCC(NCc2ccoc2C(=O)O)CN1. The topological polar surface area (TPSA) is 91.6 Å². The van der Waals surface area contributed by atoms with Crippen LogP contribution in [-0.4, -0.2) is 29.6 Å². The molecule has 0 aliphatic carbocycles. The Labute approximate surface area is 98.0 Å². The number of carbonyl (C=O) groups excluding carboxylic acids is 1. The lowest BCUT2D eigenvalue weighted by molar-refractivity contribution is -0.122. The fraction of sp³-hybridized carbons (Fsp3) is 0.455. The summed E-state index contributed by atoms with van der Waals surface area (Å²) in [5, 5.41) is 14.8. The van der Waals surface area contributed by atoms with Gasteiger partial charge >= 0.3 is 5.97 Å². The first-order chi connectivity index (χ1) is 8.16. The molecule has 1 saturated heterocycles. The molecule has 0 radical (unpaired) electrons. The Morgan fingerprint density at radius 3 is 3.12 bits per heavy atom. The molecule has 1 atom stereocenters. The molecule has 1 amide bonds. The average Bonchev–Trinajstić information content (AvgIpc) is 2.76. The van der Waals surface area contributed by atoms with Gasteiger partial charge < -0.3 is 20.2 Å². The molecular formula is C11H14N2O4. The van der Waals surface area contributed by atoms with Gasteiger partial charge in [-0.3, -0.25) is 4.79 Å². The van der Waals surface area contributed by atoms with Crippen molar-refractivity contribution in [2.45, 2.75) is 25.4 Å². The Hall–Kier alpha value is -1.82. The molecule has 2 heterocycles. The molecule has 0 bridgehead atoms. The smallest absolute Gasteiger partial charge is 0.372 e. The highest BCUT2D eigenvalue weighted by molar-refractivity contribution is 5.86. The second kappa shape index (κ2) is 5.01. The molecule has 6 nitrogen and oxygen atoms in total. The maximum atomic E-state index is 11.0. The summed E-state index contributed by atoms with van der Waals surface area (Å²) >= 11 is 0. The van der Waals surface area contributed by atoms with E-state index in [-0.39, 0.29) is 17.7 Å². The van der Waals surface area contributed by atoms with Crippen LogP contribution in [0.15, 0.2) is 16.7 Å². The van der Waals surface area contributed by atoms with Gasteiger partial charge in [-0.1, -0.05) is 0 Å². The molecule has 0 saturated carbocycles. The molecule has 92 valence electrons. The Kier molecular flexibility index (Phi) is 3.43. The highest BCUT2D eigenvalue weighted by atomic mass is 16.4. The van der Waals surface area contributed by atoms with E-state index >= 15 is 0 Å². The van der Waals surface area contributed by atoms with Crippen LogP contribution in [0.25, 0.3) is 0 Å². The van der Waals surface area contributed by atoms with Crippen LogP contribution in [0.1, 0.15) is 29.0 Å². The number of rotatable bonds is 4. The lowest BCUT2D eigenvalue weighted by atomic mass is 10.1. The van der Waals surface area contributed by atoms with E-state index in [4.69, 9.17) is 9.52 Å². The van der Waals surface area contributed by atoms with Gasteiger partial charge in [-0.05, 0) is 12.5 Å². The summed E-state index contributed by atoms with van der Waals surface area (Å²) in [5.74, 6) is -1.03. The number of hydrogen-bond donors (Lipinski definition) is 3. The van der Waals surface area contributed by atoms with Crippen LogP contribution < -0.4 is 10.6 Å². The average molecular weight is 238 g/mol. The van der Waals surface area contributed by atoms with Crippen LogP contribution in [0.4, 0.5) is 0 Å². The number of nitrogens with one attached hydrogen (secondary N) is 2. The van der Waals surface area contributed by atoms with Crippen molar-refractivity contribution in [2.24, 2.45) is 0 Å². The van der Waals surface area contributed by atoms with Crippen LogP contribution >= 0.6 is 0 Å². The minimum atomic E-state index is -1.07. The highest BCUT2D eigenvalue weighted by Gasteiger charge is 2.19. The van der Waals surface area contributed by atoms with Crippen molar-refractivity contribution in [1.82, 2.24) is 10.6 Å². The predicted molar refractivity (Wildman–Crippen MR) is 58.5 cm³/mol. The number of hydrogen-bond acceptors (Lipinski definition) is 4. The summed E-state index contributed by atoms with van der Waals surface area (Å²) in [6.07, 6.45) is 2.64. The number of aromatic carboxylic acids is 1.